The van der Waals surface area contributed by atoms with Crippen LogP contribution in [0.1, 0.15) is 42.0 Å². The number of hydrogen-bond donors (Lipinski definition) is 1. The Hall–Kier alpha value is -2.22. The van der Waals surface area contributed by atoms with E-state index in [9.17, 15) is 13.2 Å². The van der Waals surface area contributed by atoms with Gasteiger partial charge in [-0.2, -0.15) is 4.31 Å². The third-order valence-electron chi connectivity index (χ3n) is 5.66. The first kappa shape index (κ1) is 22.5. The molecule has 30 heavy (non-hydrogen) atoms. The molecule has 1 N–H and O–H groups in total. The molecule has 0 bridgehead atoms. The second-order valence-electron chi connectivity index (χ2n) is 7.92. The van der Waals surface area contributed by atoms with Crippen LogP contribution >= 0.6 is 0 Å². The summed E-state index contributed by atoms with van der Waals surface area (Å²) in [6.45, 7) is 3.45. The number of carbonyl (C=O) groups is 1. The van der Waals surface area contributed by atoms with Crippen molar-refractivity contribution in [1.82, 2.24) is 14.5 Å². The van der Waals surface area contributed by atoms with E-state index in [-0.39, 0.29) is 5.91 Å². The van der Waals surface area contributed by atoms with Crippen LogP contribution in [0.2, 0.25) is 0 Å². The van der Waals surface area contributed by atoms with Crippen molar-refractivity contribution in [3.05, 3.63) is 71.3 Å². The summed E-state index contributed by atoms with van der Waals surface area (Å²) in [6, 6.07) is 16.2. The van der Waals surface area contributed by atoms with Crippen molar-refractivity contribution in [1.29, 1.82) is 0 Å². The minimum Gasteiger partial charge on any atom is -0.350 e. The maximum Gasteiger partial charge on any atom is 0.243 e. The number of nitrogens with zero attached hydrogens (tertiary/aromatic N) is 2. The van der Waals surface area contributed by atoms with Crippen LogP contribution in [0.5, 0.6) is 0 Å². The molecule has 1 saturated heterocycles. The minimum absolute atomic E-state index is 0.332. The maximum absolute atomic E-state index is 13.1. The first-order chi connectivity index (χ1) is 14.4. The monoisotopic (exact) mass is 429 g/mol. The van der Waals surface area contributed by atoms with Crippen LogP contribution in [-0.4, -0.2) is 49.9 Å². The molecule has 0 aliphatic carbocycles. The number of hydrogen-bond acceptors (Lipinski definition) is 4. The van der Waals surface area contributed by atoms with E-state index in [1.807, 2.05) is 24.3 Å². The van der Waals surface area contributed by atoms with Gasteiger partial charge in [-0.15, -0.1) is 0 Å². The minimum atomic E-state index is -3.54. The third-order valence-corrected chi connectivity index (χ3v) is 6.92. The van der Waals surface area contributed by atoms with Crippen LogP contribution < -0.4 is 5.32 Å². The topological polar surface area (TPSA) is 69.7 Å². The lowest BCUT2D eigenvalue weighted by Gasteiger charge is -2.28. The molecule has 7 heteroatoms. The van der Waals surface area contributed by atoms with Crippen molar-refractivity contribution in [2.75, 3.05) is 26.4 Å². The van der Waals surface area contributed by atoms with Gasteiger partial charge < -0.3 is 5.32 Å². The van der Waals surface area contributed by atoms with Gasteiger partial charge in [0, 0.05) is 20.1 Å². The van der Waals surface area contributed by atoms with Gasteiger partial charge in [0.2, 0.25) is 15.9 Å². The van der Waals surface area contributed by atoms with Gasteiger partial charge in [0.05, 0.1) is 6.26 Å². The summed E-state index contributed by atoms with van der Waals surface area (Å²) in [5.41, 5.74) is 2.90. The SMILES string of the molecule is CN([C@@H](C(=O)NCc1ccccc1CN1CCCCC1)c1ccccc1)S(C)(=O)=O. The second kappa shape index (κ2) is 10.2. The van der Waals surface area contributed by atoms with E-state index in [1.54, 1.807) is 24.3 Å². The Labute approximate surface area is 179 Å². The summed E-state index contributed by atoms with van der Waals surface area (Å²) in [4.78, 5) is 15.5. The first-order valence-corrected chi connectivity index (χ1v) is 12.3. The molecular weight excluding hydrogens is 398 g/mol. The van der Waals surface area contributed by atoms with Gasteiger partial charge in [0.15, 0.2) is 0 Å². The fourth-order valence-corrected chi connectivity index (χ4v) is 4.48. The van der Waals surface area contributed by atoms with Crippen LogP contribution in [-0.2, 0) is 27.9 Å². The summed E-state index contributed by atoms with van der Waals surface area (Å²) in [5, 5.41) is 2.96. The van der Waals surface area contributed by atoms with Gasteiger partial charge in [-0.05, 0) is 42.6 Å². The zero-order valence-electron chi connectivity index (χ0n) is 17.8. The number of rotatable bonds is 8. The maximum atomic E-state index is 13.1. The van der Waals surface area contributed by atoms with Crippen LogP contribution in [0.3, 0.4) is 0 Å². The Morgan fingerprint density at radius 3 is 2.23 bits per heavy atom. The molecular formula is C23H31N3O3S. The standard InChI is InChI=1S/C23H31N3O3S/c1-25(30(2,28)29)22(19-11-5-3-6-12-19)23(27)24-17-20-13-7-8-14-21(20)18-26-15-9-4-10-16-26/h3,5-8,11-14,22H,4,9-10,15-18H2,1-2H3,(H,24,27)/t22-/m1/s1. The number of likely N-dealkylation sites (tertiary alicyclic amines) is 1. The lowest BCUT2D eigenvalue weighted by molar-refractivity contribution is -0.125. The number of piperidine rings is 1. The Balaban J connectivity index is 1.74. The molecule has 1 aliphatic heterocycles. The molecule has 0 aromatic heterocycles. The average Bonchev–Trinajstić information content (AvgIpc) is 2.74. The highest BCUT2D eigenvalue weighted by Gasteiger charge is 2.30. The summed E-state index contributed by atoms with van der Waals surface area (Å²) < 4.78 is 25.4. The number of amides is 1. The highest BCUT2D eigenvalue weighted by molar-refractivity contribution is 7.88. The predicted octanol–water partition coefficient (Wildman–Crippen LogP) is 2.92. The Morgan fingerprint density at radius 1 is 1.00 bits per heavy atom. The molecule has 1 amide bonds. The molecule has 0 saturated carbocycles. The van der Waals surface area contributed by atoms with E-state index in [1.165, 1.54) is 31.9 Å². The molecule has 162 valence electrons. The summed E-state index contributed by atoms with van der Waals surface area (Å²) in [5.74, 6) is -0.332. The van der Waals surface area contributed by atoms with Gasteiger partial charge in [-0.3, -0.25) is 9.69 Å². The second-order valence-corrected chi connectivity index (χ2v) is 9.96. The van der Waals surface area contributed by atoms with Gasteiger partial charge in [0.1, 0.15) is 6.04 Å². The van der Waals surface area contributed by atoms with Crippen LogP contribution in [0.4, 0.5) is 0 Å². The fraction of sp³-hybridized carbons (Fsp3) is 0.435. The molecule has 0 radical (unpaired) electrons. The Morgan fingerprint density at radius 2 is 1.60 bits per heavy atom. The average molecular weight is 430 g/mol. The highest BCUT2D eigenvalue weighted by atomic mass is 32.2. The van der Waals surface area contributed by atoms with Crippen molar-refractivity contribution in [3.63, 3.8) is 0 Å². The number of likely N-dealkylation sites (N-methyl/N-ethyl adjacent to an activating group) is 1. The zero-order valence-corrected chi connectivity index (χ0v) is 18.6. The Bertz CT molecular complexity index is 941. The lowest BCUT2D eigenvalue weighted by atomic mass is 10.0. The molecule has 2 aromatic carbocycles. The lowest BCUT2D eigenvalue weighted by Crippen LogP contribution is -2.41. The van der Waals surface area contributed by atoms with E-state index < -0.39 is 16.1 Å². The zero-order chi connectivity index (χ0) is 21.6. The van der Waals surface area contributed by atoms with Crippen LogP contribution in [0.15, 0.2) is 54.6 Å². The van der Waals surface area contributed by atoms with Crippen molar-refractivity contribution in [3.8, 4) is 0 Å². The van der Waals surface area contributed by atoms with E-state index in [4.69, 9.17) is 0 Å². The van der Waals surface area contributed by atoms with Gasteiger partial charge in [0.25, 0.3) is 0 Å². The van der Waals surface area contributed by atoms with Crippen molar-refractivity contribution in [2.45, 2.75) is 38.4 Å². The largest absolute Gasteiger partial charge is 0.350 e. The predicted molar refractivity (Wildman–Crippen MR) is 119 cm³/mol. The van der Waals surface area contributed by atoms with Gasteiger partial charge >= 0.3 is 0 Å². The Kier molecular flexibility index (Phi) is 7.64. The van der Waals surface area contributed by atoms with Crippen molar-refractivity contribution < 1.29 is 13.2 Å². The smallest absolute Gasteiger partial charge is 0.243 e. The van der Waals surface area contributed by atoms with Crippen LogP contribution in [0, 0.1) is 0 Å². The number of sulfonamides is 1. The highest BCUT2D eigenvalue weighted by Crippen LogP contribution is 2.22. The van der Waals surface area contributed by atoms with Crippen molar-refractivity contribution >= 4 is 15.9 Å². The van der Waals surface area contributed by atoms with Crippen LogP contribution in [0.25, 0.3) is 0 Å². The summed E-state index contributed by atoms with van der Waals surface area (Å²) in [6.07, 6.45) is 4.87. The molecule has 3 rings (SSSR count). The molecule has 0 unspecified atom stereocenters. The number of benzene rings is 2. The van der Waals surface area contributed by atoms with Crippen molar-refractivity contribution in [2.24, 2.45) is 0 Å². The summed E-state index contributed by atoms with van der Waals surface area (Å²) >= 11 is 0. The first-order valence-electron chi connectivity index (χ1n) is 10.4. The fourth-order valence-electron chi connectivity index (χ4n) is 3.87. The third kappa shape index (κ3) is 5.90. The number of carbonyl (C=O) groups excluding carboxylic acids is 1. The molecule has 1 aliphatic rings. The van der Waals surface area contributed by atoms with E-state index in [0.717, 1.165) is 35.8 Å². The molecule has 1 fully saturated rings. The molecule has 1 atom stereocenters. The number of nitrogens with one attached hydrogen (secondary N) is 1. The quantitative estimate of drug-likeness (QED) is 0.701. The van der Waals surface area contributed by atoms with Gasteiger partial charge in [-0.1, -0.05) is 61.0 Å². The molecule has 2 aromatic rings. The molecule has 6 nitrogen and oxygen atoms in total. The van der Waals surface area contributed by atoms with E-state index >= 15 is 0 Å². The normalized spacial score (nSPS) is 16.4. The molecule has 0 spiro atoms. The molecule has 1 heterocycles. The van der Waals surface area contributed by atoms with Gasteiger partial charge in [-0.25, -0.2) is 8.42 Å². The van der Waals surface area contributed by atoms with E-state index in [0.29, 0.717) is 12.1 Å². The summed E-state index contributed by atoms with van der Waals surface area (Å²) in [7, 11) is -2.10. The van der Waals surface area contributed by atoms with E-state index in [2.05, 4.69) is 16.3 Å².